The van der Waals surface area contributed by atoms with Gasteiger partial charge in [0.1, 0.15) is 6.07 Å². The Labute approximate surface area is 150 Å². The number of nitrogens with two attached hydrogens (primary N) is 1. The van der Waals surface area contributed by atoms with Crippen LogP contribution in [0.15, 0.2) is 60.8 Å². The number of anilines is 2. The number of benzene rings is 2. The van der Waals surface area contributed by atoms with E-state index >= 15 is 0 Å². The van der Waals surface area contributed by atoms with Gasteiger partial charge in [-0.15, -0.1) is 0 Å². The van der Waals surface area contributed by atoms with Gasteiger partial charge in [-0.05, 0) is 35.9 Å². The molecule has 0 aliphatic rings. The minimum Gasteiger partial charge on any atom is -0.397 e. The quantitative estimate of drug-likeness (QED) is 0.630. The molecule has 0 saturated carbocycles. The van der Waals surface area contributed by atoms with Crippen LogP contribution in [-0.2, 0) is 6.61 Å². The van der Waals surface area contributed by atoms with Crippen LogP contribution in [-0.4, -0.2) is 16.0 Å². The van der Waals surface area contributed by atoms with Crippen LogP contribution in [0.3, 0.4) is 0 Å². The number of pyridine rings is 1. The highest BCUT2D eigenvalue weighted by molar-refractivity contribution is 6.05. The van der Waals surface area contributed by atoms with Crippen LogP contribution in [0.25, 0.3) is 11.3 Å². The van der Waals surface area contributed by atoms with Gasteiger partial charge >= 0.3 is 0 Å². The van der Waals surface area contributed by atoms with Gasteiger partial charge in [0.25, 0.3) is 5.91 Å². The van der Waals surface area contributed by atoms with Gasteiger partial charge in [-0.25, -0.2) is 0 Å². The monoisotopic (exact) mass is 344 g/mol. The molecule has 26 heavy (non-hydrogen) atoms. The van der Waals surface area contributed by atoms with Crippen molar-refractivity contribution in [3.05, 3.63) is 77.5 Å². The van der Waals surface area contributed by atoms with Gasteiger partial charge in [0.2, 0.25) is 0 Å². The van der Waals surface area contributed by atoms with E-state index in [1.807, 2.05) is 0 Å². The highest BCUT2D eigenvalue weighted by Crippen LogP contribution is 2.23. The Morgan fingerprint density at radius 1 is 1.19 bits per heavy atom. The Balaban J connectivity index is 1.84. The van der Waals surface area contributed by atoms with Gasteiger partial charge in [-0.3, -0.25) is 9.78 Å². The number of nitrogen functional groups attached to an aromatic ring is 1. The number of carbonyl (C=O) groups excluding carboxylic acids is 1. The lowest BCUT2D eigenvalue weighted by atomic mass is 10.0. The second kappa shape index (κ2) is 7.47. The predicted octanol–water partition coefficient (Wildman–Crippen LogP) is 2.95. The number of hydrogen-bond donors (Lipinski definition) is 3. The molecule has 0 radical (unpaired) electrons. The van der Waals surface area contributed by atoms with Gasteiger partial charge in [0.15, 0.2) is 0 Å². The normalized spacial score (nSPS) is 10.2. The lowest BCUT2D eigenvalue weighted by molar-refractivity contribution is 0.102. The topological polar surface area (TPSA) is 112 Å². The third-order valence-electron chi connectivity index (χ3n) is 3.88. The van der Waals surface area contributed by atoms with Crippen molar-refractivity contribution in [2.75, 3.05) is 11.1 Å². The highest BCUT2D eigenvalue weighted by atomic mass is 16.3. The van der Waals surface area contributed by atoms with E-state index < -0.39 is 0 Å². The van der Waals surface area contributed by atoms with Crippen molar-refractivity contribution >= 4 is 17.3 Å². The summed E-state index contributed by atoms with van der Waals surface area (Å²) in [6, 6.07) is 17.5. The molecule has 0 saturated heterocycles. The van der Waals surface area contributed by atoms with Crippen molar-refractivity contribution in [1.82, 2.24) is 4.98 Å². The van der Waals surface area contributed by atoms with Crippen LogP contribution >= 0.6 is 0 Å². The minimum absolute atomic E-state index is 0.177. The second-order valence-electron chi connectivity index (χ2n) is 5.63. The number of rotatable bonds is 4. The summed E-state index contributed by atoms with van der Waals surface area (Å²) < 4.78 is 0. The van der Waals surface area contributed by atoms with E-state index in [0.29, 0.717) is 39.3 Å². The van der Waals surface area contributed by atoms with E-state index in [1.165, 1.54) is 6.20 Å². The molecule has 0 aliphatic heterocycles. The van der Waals surface area contributed by atoms with Gasteiger partial charge < -0.3 is 16.2 Å². The summed E-state index contributed by atoms with van der Waals surface area (Å²) in [5.41, 5.74) is 9.48. The van der Waals surface area contributed by atoms with E-state index in [2.05, 4.69) is 16.4 Å². The first-order chi connectivity index (χ1) is 12.6. The van der Waals surface area contributed by atoms with Crippen molar-refractivity contribution in [1.29, 1.82) is 5.26 Å². The summed E-state index contributed by atoms with van der Waals surface area (Å²) in [7, 11) is 0. The molecular formula is C20H16N4O2. The smallest absolute Gasteiger partial charge is 0.255 e. The molecule has 0 aliphatic carbocycles. The molecular weight excluding hydrogens is 328 g/mol. The molecule has 4 N–H and O–H groups in total. The van der Waals surface area contributed by atoms with Crippen molar-refractivity contribution < 1.29 is 9.90 Å². The van der Waals surface area contributed by atoms with Crippen molar-refractivity contribution in [2.45, 2.75) is 6.61 Å². The molecule has 1 aromatic heterocycles. The fourth-order valence-corrected chi connectivity index (χ4v) is 2.49. The lowest BCUT2D eigenvalue weighted by Gasteiger charge is -2.09. The average Bonchev–Trinajstić information content (AvgIpc) is 2.69. The molecule has 0 atom stereocenters. The standard InChI is InChI=1S/C20H16N4O2/c21-10-16-9-13(12-25)11-23-19(16)14-5-7-15(8-6-14)20(26)24-18-4-2-1-3-17(18)22/h1-9,11,25H,12,22H2,(H,24,26). The maximum absolute atomic E-state index is 12.4. The molecule has 6 nitrogen and oxygen atoms in total. The van der Waals surface area contributed by atoms with E-state index in [1.54, 1.807) is 54.6 Å². The fourth-order valence-electron chi connectivity index (χ4n) is 2.49. The molecule has 3 aromatic rings. The number of hydrogen-bond acceptors (Lipinski definition) is 5. The fraction of sp³-hybridized carbons (Fsp3) is 0.0500. The van der Waals surface area contributed by atoms with Gasteiger partial charge in [0, 0.05) is 17.3 Å². The molecule has 2 aromatic carbocycles. The molecule has 0 bridgehead atoms. The Kier molecular flexibility index (Phi) is 4.92. The third kappa shape index (κ3) is 3.53. The number of aliphatic hydroxyl groups excluding tert-OH is 1. The first-order valence-corrected chi connectivity index (χ1v) is 7.88. The molecule has 1 amide bonds. The Morgan fingerprint density at radius 2 is 1.92 bits per heavy atom. The van der Waals surface area contributed by atoms with Crippen molar-refractivity contribution in [2.24, 2.45) is 0 Å². The molecule has 0 fully saturated rings. The van der Waals surface area contributed by atoms with E-state index in [4.69, 9.17) is 10.8 Å². The summed E-state index contributed by atoms with van der Waals surface area (Å²) in [6.07, 6.45) is 1.52. The first-order valence-electron chi connectivity index (χ1n) is 7.88. The maximum Gasteiger partial charge on any atom is 0.255 e. The van der Waals surface area contributed by atoms with Crippen molar-refractivity contribution in [3.63, 3.8) is 0 Å². The number of carbonyl (C=O) groups is 1. The molecule has 3 rings (SSSR count). The maximum atomic E-state index is 12.4. The minimum atomic E-state index is -0.279. The zero-order valence-corrected chi connectivity index (χ0v) is 13.8. The molecule has 0 spiro atoms. The van der Waals surface area contributed by atoms with E-state index in [0.717, 1.165) is 0 Å². The largest absolute Gasteiger partial charge is 0.397 e. The summed E-state index contributed by atoms with van der Waals surface area (Å²) in [4.78, 5) is 16.6. The third-order valence-corrected chi connectivity index (χ3v) is 3.88. The highest BCUT2D eigenvalue weighted by Gasteiger charge is 2.11. The SMILES string of the molecule is N#Cc1cc(CO)cnc1-c1ccc(C(=O)Nc2ccccc2N)cc1. The van der Waals surface area contributed by atoms with Gasteiger partial charge in [-0.1, -0.05) is 24.3 Å². The summed E-state index contributed by atoms with van der Waals surface area (Å²) in [5, 5.41) is 21.2. The van der Waals surface area contributed by atoms with Crippen LogP contribution in [0, 0.1) is 11.3 Å². The lowest BCUT2D eigenvalue weighted by Crippen LogP contribution is -2.13. The summed E-state index contributed by atoms with van der Waals surface area (Å²) in [6.45, 7) is -0.177. The number of para-hydroxylation sites is 2. The van der Waals surface area contributed by atoms with Crippen LogP contribution < -0.4 is 11.1 Å². The summed E-state index contributed by atoms with van der Waals surface area (Å²) in [5.74, 6) is -0.279. The first kappa shape index (κ1) is 17.1. The Bertz CT molecular complexity index is 991. The molecule has 128 valence electrons. The zero-order valence-electron chi connectivity index (χ0n) is 13.8. The second-order valence-corrected chi connectivity index (χ2v) is 5.63. The molecule has 0 unspecified atom stereocenters. The Hall–Kier alpha value is -3.69. The van der Waals surface area contributed by atoms with Crippen LogP contribution in [0.5, 0.6) is 0 Å². The zero-order chi connectivity index (χ0) is 18.5. The number of nitrogens with zero attached hydrogens (tertiary/aromatic N) is 2. The van der Waals surface area contributed by atoms with Crippen molar-refractivity contribution in [3.8, 4) is 17.3 Å². The number of aliphatic hydroxyl groups is 1. The van der Waals surface area contributed by atoms with Crippen LogP contribution in [0.1, 0.15) is 21.5 Å². The van der Waals surface area contributed by atoms with E-state index in [-0.39, 0.29) is 12.5 Å². The molecule has 1 heterocycles. The number of nitrogens with one attached hydrogen (secondary N) is 1. The predicted molar refractivity (Wildman–Crippen MR) is 99.1 cm³/mol. The summed E-state index contributed by atoms with van der Waals surface area (Å²) >= 11 is 0. The van der Waals surface area contributed by atoms with Crippen LogP contribution in [0.2, 0.25) is 0 Å². The number of amides is 1. The average molecular weight is 344 g/mol. The molecule has 6 heteroatoms. The van der Waals surface area contributed by atoms with Gasteiger partial charge in [-0.2, -0.15) is 5.26 Å². The Morgan fingerprint density at radius 3 is 2.58 bits per heavy atom. The van der Waals surface area contributed by atoms with Crippen LogP contribution in [0.4, 0.5) is 11.4 Å². The van der Waals surface area contributed by atoms with E-state index in [9.17, 15) is 10.1 Å². The number of aromatic nitrogens is 1. The number of nitriles is 1. The van der Waals surface area contributed by atoms with Gasteiger partial charge in [0.05, 0.1) is 29.2 Å².